The molecule has 19 heavy (non-hydrogen) atoms. The molecule has 0 saturated heterocycles. The zero-order valence-electron chi connectivity index (χ0n) is 9.48. The van der Waals surface area contributed by atoms with Crippen LogP contribution < -0.4 is 16.7 Å². The first-order valence-corrected chi connectivity index (χ1v) is 5.90. The number of benzene rings is 1. The number of halogens is 1. The van der Waals surface area contributed by atoms with Crippen molar-refractivity contribution < 1.29 is 5.11 Å². The van der Waals surface area contributed by atoms with Crippen molar-refractivity contribution in [2.45, 2.75) is 0 Å². The smallest absolute Gasteiger partial charge is 0.261 e. The van der Waals surface area contributed by atoms with E-state index in [1.54, 1.807) is 18.2 Å². The predicted molar refractivity (Wildman–Crippen MR) is 78.8 cm³/mol. The standard InChI is InChI=1S/C11H9ClN4O2S/c12-5-1-2-8-6(3-5)9(17)7(10(18)15-8)4-14-16-11(13)19/h1-4H,(H3,13,16,19)(H2,15,17,18)/b14-4-. The van der Waals surface area contributed by atoms with Crippen LogP contribution in [0.1, 0.15) is 5.56 Å². The van der Waals surface area contributed by atoms with Gasteiger partial charge in [-0.1, -0.05) is 11.6 Å². The maximum absolute atomic E-state index is 11.8. The van der Waals surface area contributed by atoms with Gasteiger partial charge in [0.25, 0.3) is 5.56 Å². The van der Waals surface area contributed by atoms with Crippen LogP contribution in [0.5, 0.6) is 5.75 Å². The van der Waals surface area contributed by atoms with Gasteiger partial charge in [-0.15, -0.1) is 0 Å². The number of H-pyrrole nitrogens is 1. The number of aromatic hydroxyl groups is 1. The van der Waals surface area contributed by atoms with Crippen LogP contribution >= 0.6 is 23.8 Å². The summed E-state index contributed by atoms with van der Waals surface area (Å²) in [6, 6.07) is 4.76. The second kappa shape index (κ2) is 5.25. The Morgan fingerprint density at radius 3 is 3.00 bits per heavy atom. The Labute approximate surface area is 117 Å². The number of thiocarbonyl (C=S) groups is 1. The molecule has 2 rings (SSSR count). The number of hydrogen-bond donors (Lipinski definition) is 4. The molecule has 0 aliphatic rings. The highest BCUT2D eigenvalue weighted by Gasteiger charge is 2.10. The van der Waals surface area contributed by atoms with E-state index in [4.69, 9.17) is 17.3 Å². The Morgan fingerprint density at radius 1 is 1.58 bits per heavy atom. The zero-order chi connectivity index (χ0) is 14.0. The van der Waals surface area contributed by atoms with E-state index in [1.165, 1.54) is 0 Å². The molecule has 0 amide bonds. The van der Waals surface area contributed by atoms with Crippen LogP contribution in [0.25, 0.3) is 10.9 Å². The number of nitrogens with two attached hydrogens (primary N) is 1. The van der Waals surface area contributed by atoms with Crippen molar-refractivity contribution in [3.63, 3.8) is 0 Å². The van der Waals surface area contributed by atoms with Gasteiger partial charge >= 0.3 is 0 Å². The number of hydrazone groups is 1. The van der Waals surface area contributed by atoms with Gasteiger partial charge in [-0.2, -0.15) is 5.10 Å². The maximum Gasteiger partial charge on any atom is 0.261 e. The van der Waals surface area contributed by atoms with Crippen LogP contribution in [0.2, 0.25) is 5.02 Å². The summed E-state index contributed by atoms with van der Waals surface area (Å²) >= 11 is 10.4. The fourth-order valence-electron chi connectivity index (χ4n) is 1.54. The second-order valence-electron chi connectivity index (χ2n) is 3.64. The highest BCUT2D eigenvalue weighted by atomic mass is 35.5. The molecule has 98 valence electrons. The number of fused-ring (bicyclic) bond motifs is 1. The SMILES string of the molecule is NC(=S)N/N=C\c1c(O)c2cc(Cl)ccc2[nH]c1=O. The van der Waals surface area contributed by atoms with Crippen molar-refractivity contribution in [2.24, 2.45) is 10.8 Å². The van der Waals surface area contributed by atoms with Gasteiger partial charge in [0.1, 0.15) is 11.3 Å². The third-order valence-electron chi connectivity index (χ3n) is 2.35. The number of nitrogens with zero attached hydrogens (tertiary/aromatic N) is 1. The second-order valence-corrected chi connectivity index (χ2v) is 4.52. The molecule has 2 aromatic rings. The van der Waals surface area contributed by atoms with Crippen LogP contribution in [-0.4, -0.2) is 21.4 Å². The van der Waals surface area contributed by atoms with Crippen molar-refractivity contribution in [1.82, 2.24) is 10.4 Å². The van der Waals surface area contributed by atoms with Crippen LogP contribution in [0.3, 0.4) is 0 Å². The minimum atomic E-state index is -0.485. The Bertz CT molecular complexity index is 741. The van der Waals surface area contributed by atoms with Gasteiger partial charge in [0.05, 0.1) is 11.7 Å². The monoisotopic (exact) mass is 296 g/mol. The molecular weight excluding hydrogens is 288 g/mol. The number of rotatable bonds is 2. The molecule has 0 saturated carbocycles. The average Bonchev–Trinajstić information content (AvgIpc) is 2.34. The number of aromatic amines is 1. The molecule has 1 aromatic carbocycles. The topological polar surface area (TPSA) is 104 Å². The highest BCUT2D eigenvalue weighted by Crippen LogP contribution is 2.26. The number of hydrogen-bond acceptors (Lipinski definition) is 4. The Balaban J connectivity index is 2.58. The predicted octanol–water partition coefficient (Wildman–Crippen LogP) is 1.05. The van der Waals surface area contributed by atoms with Gasteiger partial charge in [-0.25, -0.2) is 0 Å². The lowest BCUT2D eigenvalue weighted by atomic mass is 10.1. The molecule has 0 aliphatic heterocycles. The van der Waals surface area contributed by atoms with E-state index in [-0.39, 0.29) is 16.4 Å². The largest absolute Gasteiger partial charge is 0.506 e. The molecule has 0 radical (unpaired) electrons. The van der Waals surface area contributed by atoms with Crippen LogP contribution in [0, 0.1) is 0 Å². The van der Waals surface area contributed by atoms with Gasteiger partial charge in [-0.3, -0.25) is 10.2 Å². The van der Waals surface area contributed by atoms with Crippen molar-refractivity contribution in [3.8, 4) is 5.75 Å². The van der Waals surface area contributed by atoms with E-state index in [9.17, 15) is 9.90 Å². The average molecular weight is 297 g/mol. The summed E-state index contributed by atoms with van der Waals surface area (Å²) < 4.78 is 0. The number of nitrogens with one attached hydrogen (secondary N) is 2. The Kier molecular flexibility index (Phi) is 3.68. The van der Waals surface area contributed by atoms with Crippen LogP contribution in [0.15, 0.2) is 28.1 Å². The third-order valence-corrected chi connectivity index (χ3v) is 2.68. The number of aromatic nitrogens is 1. The first-order chi connectivity index (χ1) is 8.99. The molecule has 0 bridgehead atoms. The summed E-state index contributed by atoms with van der Waals surface area (Å²) in [6.07, 6.45) is 1.13. The minimum Gasteiger partial charge on any atom is -0.506 e. The Morgan fingerprint density at radius 2 is 2.32 bits per heavy atom. The lowest BCUT2D eigenvalue weighted by Gasteiger charge is -2.04. The van der Waals surface area contributed by atoms with Crippen molar-refractivity contribution >= 4 is 46.0 Å². The van der Waals surface area contributed by atoms with Gasteiger partial charge in [-0.05, 0) is 30.4 Å². The lowest BCUT2D eigenvalue weighted by molar-refractivity contribution is 0.479. The lowest BCUT2D eigenvalue weighted by Crippen LogP contribution is -2.24. The molecule has 0 fully saturated rings. The van der Waals surface area contributed by atoms with E-state index < -0.39 is 5.56 Å². The Hall–Kier alpha value is -2.12. The van der Waals surface area contributed by atoms with Gasteiger partial charge in [0.15, 0.2) is 5.11 Å². The fraction of sp³-hybridized carbons (Fsp3) is 0. The first-order valence-electron chi connectivity index (χ1n) is 5.12. The molecular formula is C11H9ClN4O2S. The molecule has 6 nitrogen and oxygen atoms in total. The fourth-order valence-corrected chi connectivity index (χ4v) is 1.77. The quantitative estimate of drug-likeness (QED) is 0.377. The highest BCUT2D eigenvalue weighted by molar-refractivity contribution is 7.80. The normalized spacial score (nSPS) is 11.0. The van der Waals surface area contributed by atoms with Crippen molar-refractivity contribution in [2.75, 3.05) is 0 Å². The molecule has 0 atom stereocenters. The third kappa shape index (κ3) is 2.83. The van der Waals surface area contributed by atoms with Gasteiger partial charge < -0.3 is 15.8 Å². The summed E-state index contributed by atoms with van der Waals surface area (Å²) in [5.74, 6) is -0.213. The molecule has 0 aliphatic carbocycles. The summed E-state index contributed by atoms with van der Waals surface area (Å²) in [5.41, 5.74) is 7.46. The molecule has 0 unspecified atom stereocenters. The van der Waals surface area contributed by atoms with Gasteiger partial charge in [0, 0.05) is 10.4 Å². The van der Waals surface area contributed by atoms with E-state index in [0.29, 0.717) is 15.9 Å². The van der Waals surface area contributed by atoms with Crippen LogP contribution in [-0.2, 0) is 0 Å². The first kappa shape index (κ1) is 13.3. The zero-order valence-corrected chi connectivity index (χ0v) is 11.0. The molecule has 1 aromatic heterocycles. The summed E-state index contributed by atoms with van der Waals surface area (Å²) in [7, 11) is 0. The maximum atomic E-state index is 11.8. The molecule has 1 heterocycles. The van der Waals surface area contributed by atoms with Crippen molar-refractivity contribution in [3.05, 3.63) is 39.1 Å². The van der Waals surface area contributed by atoms with E-state index >= 15 is 0 Å². The van der Waals surface area contributed by atoms with E-state index in [1.807, 2.05) is 0 Å². The van der Waals surface area contributed by atoms with Crippen LogP contribution in [0.4, 0.5) is 0 Å². The van der Waals surface area contributed by atoms with E-state index in [2.05, 4.69) is 27.7 Å². The van der Waals surface area contributed by atoms with E-state index in [0.717, 1.165) is 6.21 Å². The summed E-state index contributed by atoms with van der Waals surface area (Å²) in [4.78, 5) is 14.4. The molecule has 0 spiro atoms. The van der Waals surface area contributed by atoms with Gasteiger partial charge in [0.2, 0.25) is 0 Å². The molecule has 5 N–H and O–H groups in total. The minimum absolute atomic E-state index is 0.0153. The summed E-state index contributed by atoms with van der Waals surface area (Å²) in [5, 5.41) is 14.5. The summed E-state index contributed by atoms with van der Waals surface area (Å²) in [6.45, 7) is 0. The molecule has 8 heteroatoms. The number of pyridine rings is 1. The van der Waals surface area contributed by atoms with Crippen molar-refractivity contribution in [1.29, 1.82) is 0 Å².